The maximum atomic E-state index is 11.4. The highest BCUT2D eigenvalue weighted by molar-refractivity contribution is 5.86. The van der Waals surface area contributed by atoms with E-state index in [1.165, 1.54) is 12.0 Å². The molecule has 0 aliphatic heterocycles. The number of hydrogen-bond acceptors (Lipinski definition) is 5. The summed E-state index contributed by atoms with van der Waals surface area (Å²) in [5.41, 5.74) is 2.26. The third-order valence-corrected chi connectivity index (χ3v) is 3.37. The number of aromatic nitrogens is 1. The highest BCUT2D eigenvalue weighted by atomic mass is 16.5. The van der Waals surface area contributed by atoms with Crippen LogP contribution in [0.5, 0.6) is 5.75 Å². The van der Waals surface area contributed by atoms with Gasteiger partial charge in [-0.2, -0.15) is 0 Å². The van der Waals surface area contributed by atoms with Crippen LogP contribution in [0.3, 0.4) is 0 Å². The van der Waals surface area contributed by atoms with Gasteiger partial charge in [0.1, 0.15) is 11.3 Å². The number of nitrogens with zero attached hydrogens (tertiary/aromatic N) is 2. The smallest absolute Gasteiger partial charge is 0.413 e. The number of ether oxygens (including phenoxy) is 2. The zero-order chi connectivity index (χ0) is 16.2. The Morgan fingerprint density at radius 1 is 1.17 bits per heavy atom. The molecule has 0 unspecified atom stereocenters. The van der Waals surface area contributed by atoms with Crippen molar-refractivity contribution in [2.75, 3.05) is 19.1 Å². The molecule has 0 saturated heterocycles. The molecule has 1 amide bonds. The number of amides is 1. The molecule has 0 aliphatic rings. The molecular formula is C17H16N2O4. The van der Waals surface area contributed by atoms with Crippen molar-refractivity contribution < 1.29 is 18.7 Å². The van der Waals surface area contributed by atoms with E-state index in [1.807, 2.05) is 24.3 Å². The number of para-hydroxylation sites is 2. The summed E-state index contributed by atoms with van der Waals surface area (Å²) in [6.45, 7) is 0.237. The number of rotatable bonds is 4. The molecule has 0 N–H and O–H groups in total. The fourth-order valence-electron chi connectivity index (χ4n) is 2.14. The van der Waals surface area contributed by atoms with E-state index in [0.717, 1.165) is 11.1 Å². The lowest BCUT2D eigenvalue weighted by Crippen LogP contribution is -2.25. The van der Waals surface area contributed by atoms with Gasteiger partial charge in [0.05, 0.1) is 7.11 Å². The fourth-order valence-corrected chi connectivity index (χ4v) is 2.14. The van der Waals surface area contributed by atoms with E-state index in [1.54, 1.807) is 31.3 Å². The number of hydrogen-bond donors (Lipinski definition) is 0. The number of carbonyl (C=O) groups is 1. The quantitative estimate of drug-likeness (QED) is 0.736. The molecule has 0 atom stereocenters. The summed E-state index contributed by atoms with van der Waals surface area (Å²) in [5, 5.41) is 0. The first-order valence-electron chi connectivity index (χ1n) is 7.06. The normalized spacial score (nSPS) is 10.5. The second-order valence-electron chi connectivity index (χ2n) is 4.89. The van der Waals surface area contributed by atoms with Crippen LogP contribution < -0.4 is 9.64 Å². The van der Waals surface area contributed by atoms with E-state index in [-0.39, 0.29) is 6.61 Å². The van der Waals surface area contributed by atoms with E-state index >= 15 is 0 Å². The van der Waals surface area contributed by atoms with Gasteiger partial charge in [-0.3, -0.25) is 4.90 Å². The van der Waals surface area contributed by atoms with Crippen molar-refractivity contribution in [3.8, 4) is 5.75 Å². The number of benzene rings is 2. The van der Waals surface area contributed by atoms with Crippen LogP contribution in [0.25, 0.3) is 11.1 Å². The van der Waals surface area contributed by atoms with E-state index < -0.39 is 6.09 Å². The van der Waals surface area contributed by atoms with E-state index in [2.05, 4.69) is 9.72 Å². The largest absolute Gasteiger partial charge is 0.484 e. The first-order valence-corrected chi connectivity index (χ1v) is 7.06. The number of anilines is 1. The Labute approximate surface area is 133 Å². The van der Waals surface area contributed by atoms with Crippen molar-refractivity contribution in [1.82, 2.24) is 4.98 Å². The van der Waals surface area contributed by atoms with Gasteiger partial charge in [0, 0.05) is 12.7 Å². The Kier molecular flexibility index (Phi) is 4.14. The molecule has 23 heavy (non-hydrogen) atoms. The molecular weight excluding hydrogens is 296 g/mol. The maximum Gasteiger partial charge on any atom is 0.413 e. The summed E-state index contributed by atoms with van der Waals surface area (Å²) in [4.78, 5) is 17.2. The number of methoxy groups -OCH3 is 1. The van der Waals surface area contributed by atoms with Gasteiger partial charge in [-0.25, -0.2) is 9.78 Å². The first kappa shape index (κ1) is 14.9. The third kappa shape index (κ3) is 3.26. The minimum absolute atomic E-state index is 0.237. The first-order chi connectivity index (χ1) is 11.2. The Morgan fingerprint density at radius 2 is 1.91 bits per heavy atom. The zero-order valence-corrected chi connectivity index (χ0v) is 12.9. The lowest BCUT2D eigenvalue weighted by molar-refractivity contribution is 0.180. The third-order valence-electron chi connectivity index (χ3n) is 3.37. The predicted molar refractivity (Wildman–Crippen MR) is 85.6 cm³/mol. The minimum atomic E-state index is -0.426. The highest BCUT2D eigenvalue weighted by Gasteiger charge is 2.10. The molecule has 0 bridgehead atoms. The topological polar surface area (TPSA) is 64.8 Å². The van der Waals surface area contributed by atoms with Crippen LogP contribution in [0.4, 0.5) is 10.5 Å². The van der Waals surface area contributed by atoms with Crippen molar-refractivity contribution in [2.45, 2.75) is 6.61 Å². The lowest BCUT2D eigenvalue weighted by Gasteiger charge is -2.15. The molecule has 0 saturated carbocycles. The standard InChI is InChI=1S/C17H16N2O4/c1-19(17(20)21-2)12-7-9-13(10-8-12)22-11-16-18-14-5-3-4-6-15(14)23-16/h3-10H,11H2,1-2H3. The lowest BCUT2D eigenvalue weighted by atomic mass is 10.3. The van der Waals surface area contributed by atoms with E-state index in [9.17, 15) is 4.79 Å². The average molecular weight is 312 g/mol. The van der Waals surface area contributed by atoms with Gasteiger partial charge in [0.2, 0.25) is 5.89 Å². The van der Waals surface area contributed by atoms with Crippen molar-refractivity contribution in [3.63, 3.8) is 0 Å². The predicted octanol–water partition coefficient (Wildman–Crippen LogP) is 3.61. The Balaban J connectivity index is 1.65. The molecule has 1 heterocycles. The maximum absolute atomic E-state index is 11.4. The molecule has 6 heteroatoms. The molecule has 1 aromatic heterocycles. The van der Waals surface area contributed by atoms with Crippen LogP contribution in [0.15, 0.2) is 52.9 Å². The van der Waals surface area contributed by atoms with Gasteiger partial charge >= 0.3 is 6.09 Å². The molecule has 3 rings (SSSR count). The summed E-state index contributed by atoms with van der Waals surface area (Å²) < 4.78 is 15.9. The second-order valence-corrected chi connectivity index (χ2v) is 4.89. The van der Waals surface area contributed by atoms with Gasteiger partial charge in [0.25, 0.3) is 0 Å². The molecule has 0 fully saturated rings. The van der Waals surface area contributed by atoms with Gasteiger partial charge < -0.3 is 13.9 Å². The number of oxazole rings is 1. The van der Waals surface area contributed by atoms with Crippen molar-refractivity contribution >= 4 is 22.9 Å². The highest BCUT2D eigenvalue weighted by Crippen LogP contribution is 2.21. The SMILES string of the molecule is COC(=O)N(C)c1ccc(OCc2nc3ccccc3o2)cc1. The van der Waals surface area contributed by atoms with E-state index in [0.29, 0.717) is 17.3 Å². The zero-order valence-electron chi connectivity index (χ0n) is 12.9. The number of carbonyl (C=O) groups excluding carboxylic acids is 1. The van der Waals surface area contributed by atoms with Crippen LogP contribution >= 0.6 is 0 Å². The fraction of sp³-hybridized carbons (Fsp3) is 0.176. The summed E-state index contributed by atoms with van der Waals surface area (Å²) in [5.74, 6) is 1.18. The second kappa shape index (κ2) is 6.39. The summed E-state index contributed by atoms with van der Waals surface area (Å²) in [7, 11) is 2.98. The molecule has 2 aromatic carbocycles. The van der Waals surface area contributed by atoms with Crippen molar-refractivity contribution in [1.29, 1.82) is 0 Å². The van der Waals surface area contributed by atoms with Gasteiger partial charge in [0.15, 0.2) is 12.2 Å². The molecule has 6 nitrogen and oxygen atoms in total. The molecule has 0 spiro atoms. The summed E-state index contributed by atoms with van der Waals surface area (Å²) in [6.07, 6.45) is -0.426. The van der Waals surface area contributed by atoms with Crippen molar-refractivity contribution in [3.05, 3.63) is 54.4 Å². The molecule has 0 radical (unpaired) electrons. The van der Waals surface area contributed by atoms with Gasteiger partial charge in [-0.15, -0.1) is 0 Å². The Hall–Kier alpha value is -3.02. The molecule has 118 valence electrons. The van der Waals surface area contributed by atoms with Crippen molar-refractivity contribution in [2.24, 2.45) is 0 Å². The monoisotopic (exact) mass is 312 g/mol. The van der Waals surface area contributed by atoms with Gasteiger partial charge in [-0.05, 0) is 36.4 Å². The van der Waals surface area contributed by atoms with E-state index in [4.69, 9.17) is 9.15 Å². The van der Waals surface area contributed by atoms with Crippen LogP contribution in [0, 0.1) is 0 Å². The van der Waals surface area contributed by atoms with Crippen LogP contribution in [0.1, 0.15) is 5.89 Å². The summed E-state index contributed by atoms with van der Waals surface area (Å²) >= 11 is 0. The van der Waals surface area contributed by atoms with Gasteiger partial charge in [-0.1, -0.05) is 12.1 Å². The minimum Gasteiger partial charge on any atom is -0.484 e. The average Bonchev–Trinajstić information content (AvgIpc) is 3.02. The van der Waals surface area contributed by atoms with Crippen LogP contribution in [-0.4, -0.2) is 25.2 Å². The molecule has 3 aromatic rings. The Bertz CT molecular complexity index is 778. The van der Waals surface area contributed by atoms with Crippen LogP contribution in [0.2, 0.25) is 0 Å². The Morgan fingerprint density at radius 3 is 2.61 bits per heavy atom. The van der Waals surface area contributed by atoms with Crippen LogP contribution in [-0.2, 0) is 11.3 Å². The summed E-state index contributed by atoms with van der Waals surface area (Å²) in [6, 6.07) is 14.7. The molecule has 0 aliphatic carbocycles. The number of fused-ring (bicyclic) bond motifs is 1.